The van der Waals surface area contributed by atoms with E-state index in [1.165, 1.54) is 64.2 Å². The molecule has 1 rings (SSSR count). The highest BCUT2D eigenvalue weighted by molar-refractivity contribution is 5.87. The van der Waals surface area contributed by atoms with Crippen molar-refractivity contribution < 1.29 is 19.4 Å². The van der Waals surface area contributed by atoms with E-state index >= 15 is 0 Å². The maximum Gasteiger partial charge on any atom is 0.335 e. The number of carboxylic acid groups (broad SMARTS) is 1. The smallest absolute Gasteiger partial charge is 0.335 e. The van der Waals surface area contributed by atoms with Crippen molar-refractivity contribution in [2.24, 2.45) is 0 Å². The number of aromatic carboxylic acids is 1. The van der Waals surface area contributed by atoms with E-state index < -0.39 is 5.97 Å². The zero-order valence-corrected chi connectivity index (χ0v) is 17.4. The number of carboxylic acids is 1. The summed E-state index contributed by atoms with van der Waals surface area (Å²) >= 11 is 0. The van der Waals surface area contributed by atoms with Gasteiger partial charge >= 0.3 is 5.97 Å². The van der Waals surface area contributed by atoms with Gasteiger partial charge in [-0.1, -0.05) is 64.2 Å². The molecule has 0 saturated carbocycles. The molecule has 1 aromatic rings. The predicted octanol–water partition coefficient (Wildman–Crippen LogP) is 5.58. The van der Waals surface area contributed by atoms with Crippen LogP contribution in [-0.4, -0.2) is 30.6 Å². The van der Waals surface area contributed by atoms with Crippen molar-refractivity contribution in [1.82, 2.24) is 5.32 Å². The number of rotatable bonds is 17. The minimum Gasteiger partial charge on any atom is -0.494 e. The Labute approximate surface area is 169 Å². The Balaban J connectivity index is 1.82. The molecule has 0 unspecified atom stereocenters. The number of hydrogen-bond donors (Lipinski definition) is 2. The van der Waals surface area contributed by atoms with E-state index in [4.69, 9.17) is 9.84 Å². The molecule has 0 aliphatic carbocycles. The zero-order valence-electron chi connectivity index (χ0n) is 17.4. The number of ether oxygens (including phenoxy) is 1. The van der Waals surface area contributed by atoms with Gasteiger partial charge in [0.05, 0.1) is 12.2 Å². The number of nitrogens with one attached hydrogen (secondary N) is 1. The first-order valence-electron chi connectivity index (χ1n) is 10.8. The summed E-state index contributed by atoms with van der Waals surface area (Å²) < 4.78 is 5.64. The van der Waals surface area contributed by atoms with Gasteiger partial charge in [-0.15, -0.1) is 0 Å². The van der Waals surface area contributed by atoms with Gasteiger partial charge in [0.1, 0.15) is 5.75 Å². The molecule has 2 N–H and O–H groups in total. The summed E-state index contributed by atoms with van der Waals surface area (Å²) in [5.41, 5.74) is 0.286. The average Bonchev–Trinajstić information content (AvgIpc) is 2.70. The van der Waals surface area contributed by atoms with Crippen LogP contribution in [0.3, 0.4) is 0 Å². The maximum atomic E-state index is 11.1. The van der Waals surface area contributed by atoms with Gasteiger partial charge in [-0.3, -0.25) is 4.79 Å². The third kappa shape index (κ3) is 12.4. The lowest BCUT2D eigenvalue weighted by Crippen LogP contribution is -2.16. The molecule has 0 fully saturated rings. The van der Waals surface area contributed by atoms with Crippen LogP contribution in [0.2, 0.25) is 0 Å². The molecule has 0 aliphatic heterocycles. The highest BCUT2D eigenvalue weighted by Gasteiger charge is 2.02. The van der Waals surface area contributed by atoms with Crippen LogP contribution in [0.5, 0.6) is 5.75 Å². The Morgan fingerprint density at radius 1 is 0.786 bits per heavy atom. The molecule has 0 heterocycles. The number of carbonyl (C=O) groups excluding carboxylic acids is 1. The Kier molecular flexibility index (Phi) is 13.7. The van der Waals surface area contributed by atoms with Gasteiger partial charge in [0.25, 0.3) is 0 Å². The van der Waals surface area contributed by atoms with Gasteiger partial charge < -0.3 is 15.2 Å². The third-order valence-electron chi connectivity index (χ3n) is 4.95. The second-order valence-electron chi connectivity index (χ2n) is 7.34. The summed E-state index contributed by atoms with van der Waals surface area (Å²) in [5, 5.41) is 11.5. The van der Waals surface area contributed by atoms with Crippen molar-refractivity contribution in [2.45, 2.75) is 83.5 Å². The predicted molar refractivity (Wildman–Crippen MR) is 113 cm³/mol. The molecule has 1 aromatic carbocycles. The first kappa shape index (κ1) is 24.0. The van der Waals surface area contributed by atoms with Crippen molar-refractivity contribution in [2.75, 3.05) is 13.7 Å². The van der Waals surface area contributed by atoms with Gasteiger partial charge in [0, 0.05) is 13.5 Å². The molecule has 5 nitrogen and oxygen atoms in total. The monoisotopic (exact) mass is 391 g/mol. The molecule has 0 atom stereocenters. The number of unbranched alkanes of at least 4 members (excludes halogenated alkanes) is 11. The molecule has 0 aliphatic rings. The molecule has 0 saturated heterocycles. The van der Waals surface area contributed by atoms with Crippen LogP contribution in [0, 0.1) is 0 Å². The SMILES string of the molecule is CNC(=O)CCCCCCCCCCCCCCOc1ccc(C(=O)O)cc1. The Bertz CT molecular complexity index is 542. The Morgan fingerprint density at radius 3 is 1.71 bits per heavy atom. The molecule has 1 amide bonds. The van der Waals surface area contributed by atoms with Crippen molar-refractivity contribution in [3.05, 3.63) is 29.8 Å². The fourth-order valence-corrected chi connectivity index (χ4v) is 3.16. The first-order chi connectivity index (χ1) is 13.6. The van der Waals surface area contributed by atoms with E-state index in [0.717, 1.165) is 18.6 Å². The first-order valence-corrected chi connectivity index (χ1v) is 10.8. The summed E-state index contributed by atoms with van der Waals surface area (Å²) in [7, 11) is 1.69. The minimum atomic E-state index is -0.913. The van der Waals surface area contributed by atoms with Gasteiger partial charge in [-0.25, -0.2) is 4.79 Å². The molecule has 0 radical (unpaired) electrons. The number of carbonyl (C=O) groups is 2. The van der Waals surface area contributed by atoms with Crippen LogP contribution < -0.4 is 10.1 Å². The minimum absolute atomic E-state index is 0.154. The number of benzene rings is 1. The highest BCUT2D eigenvalue weighted by Crippen LogP contribution is 2.14. The largest absolute Gasteiger partial charge is 0.494 e. The fraction of sp³-hybridized carbons (Fsp3) is 0.652. The van der Waals surface area contributed by atoms with E-state index in [1.807, 2.05) is 0 Å². The van der Waals surface area contributed by atoms with E-state index in [2.05, 4.69) is 5.32 Å². The van der Waals surface area contributed by atoms with Gasteiger partial charge in [0.15, 0.2) is 0 Å². The second-order valence-corrected chi connectivity index (χ2v) is 7.34. The topological polar surface area (TPSA) is 75.6 Å². The van der Waals surface area contributed by atoms with Crippen LogP contribution in [0.25, 0.3) is 0 Å². The molecule has 158 valence electrons. The van der Waals surface area contributed by atoms with Crippen molar-refractivity contribution in [3.8, 4) is 5.75 Å². The highest BCUT2D eigenvalue weighted by atomic mass is 16.5. The lowest BCUT2D eigenvalue weighted by atomic mass is 10.0. The van der Waals surface area contributed by atoms with E-state index in [9.17, 15) is 9.59 Å². The lowest BCUT2D eigenvalue weighted by Gasteiger charge is -2.06. The summed E-state index contributed by atoms with van der Waals surface area (Å²) in [6.45, 7) is 0.687. The van der Waals surface area contributed by atoms with Crippen LogP contribution in [0.15, 0.2) is 24.3 Å². The Hall–Kier alpha value is -2.04. The molecular weight excluding hydrogens is 354 g/mol. The molecule has 0 aromatic heterocycles. The quantitative estimate of drug-likeness (QED) is 0.340. The average molecular weight is 392 g/mol. The third-order valence-corrected chi connectivity index (χ3v) is 4.95. The molecule has 5 heteroatoms. The van der Waals surface area contributed by atoms with Crippen LogP contribution in [-0.2, 0) is 4.79 Å². The van der Waals surface area contributed by atoms with E-state index in [-0.39, 0.29) is 11.5 Å². The van der Waals surface area contributed by atoms with Crippen LogP contribution >= 0.6 is 0 Å². The molecule has 0 bridgehead atoms. The van der Waals surface area contributed by atoms with Gasteiger partial charge in [-0.05, 0) is 37.1 Å². The zero-order chi connectivity index (χ0) is 20.5. The molecule has 0 spiro atoms. The van der Waals surface area contributed by atoms with E-state index in [0.29, 0.717) is 13.0 Å². The molecule has 28 heavy (non-hydrogen) atoms. The summed E-state index contributed by atoms with van der Waals surface area (Å²) in [6, 6.07) is 6.57. The van der Waals surface area contributed by atoms with Gasteiger partial charge in [-0.2, -0.15) is 0 Å². The normalized spacial score (nSPS) is 10.6. The van der Waals surface area contributed by atoms with Crippen molar-refractivity contribution in [3.63, 3.8) is 0 Å². The van der Waals surface area contributed by atoms with Crippen LogP contribution in [0.1, 0.15) is 93.8 Å². The number of hydrogen-bond acceptors (Lipinski definition) is 3. The van der Waals surface area contributed by atoms with Crippen LogP contribution in [0.4, 0.5) is 0 Å². The van der Waals surface area contributed by atoms with Gasteiger partial charge in [0.2, 0.25) is 5.91 Å². The summed E-state index contributed by atoms with van der Waals surface area (Å²) in [5.74, 6) is -0.0241. The fourth-order valence-electron chi connectivity index (χ4n) is 3.16. The number of amides is 1. The summed E-state index contributed by atoms with van der Waals surface area (Å²) in [6.07, 6.45) is 15.4. The lowest BCUT2D eigenvalue weighted by molar-refractivity contribution is -0.120. The standard InChI is InChI=1S/C23H37NO4/c1-24-22(25)14-12-10-8-6-4-2-3-5-7-9-11-13-19-28-21-17-15-20(16-18-21)23(26)27/h15-18H,2-14,19H2,1H3,(H,24,25)(H,26,27). The summed E-state index contributed by atoms with van der Waals surface area (Å²) in [4.78, 5) is 21.9. The van der Waals surface area contributed by atoms with E-state index in [1.54, 1.807) is 31.3 Å². The maximum absolute atomic E-state index is 11.1. The van der Waals surface area contributed by atoms with Crippen molar-refractivity contribution in [1.29, 1.82) is 0 Å². The second kappa shape index (κ2) is 16.0. The Morgan fingerprint density at radius 2 is 1.25 bits per heavy atom. The van der Waals surface area contributed by atoms with Crippen molar-refractivity contribution >= 4 is 11.9 Å². The molecular formula is C23H37NO4.